The van der Waals surface area contributed by atoms with Crippen LogP contribution in [-0.2, 0) is 11.4 Å². The number of anilines is 1. The van der Waals surface area contributed by atoms with Gasteiger partial charge in [0, 0.05) is 23.7 Å². The summed E-state index contributed by atoms with van der Waals surface area (Å²) in [5, 5.41) is 5.84. The number of hydrogen-bond acceptors (Lipinski definition) is 3. The van der Waals surface area contributed by atoms with Gasteiger partial charge in [-0.15, -0.1) is 0 Å². The first-order valence-electron chi connectivity index (χ1n) is 9.55. The molecular formula is C24H22N2O3. The van der Waals surface area contributed by atoms with Crippen molar-refractivity contribution >= 4 is 17.5 Å². The molecule has 2 N–H and O–H groups in total. The third-order valence-corrected chi connectivity index (χ3v) is 4.99. The predicted molar refractivity (Wildman–Crippen MR) is 113 cm³/mol. The second kappa shape index (κ2) is 7.80. The van der Waals surface area contributed by atoms with Crippen LogP contribution in [0, 0.1) is 0 Å². The summed E-state index contributed by atoms with van der Waals surface area (Å²) in [6, 6.07) is 21.0. The van der Waals surface area contributed by atoms with E-state index in [9.17, 15) is 9.59 Å². The minimum Gasteiger partial charge on any atom is -0.488 e. The summed E-state index contributed by atoms with van der Waals surface area (Å²) >= 11 is 0. The molecule has 0 saturated heterocycles. The van der Waals surface area contributed by atoms with Crippen molar-refractivity contribution in [2.24, 2.45) is 0 Å². The lowest BCUT2D eigenvalue weighted by atomic mass is 9.94. The summed E-state index contributed by atoms with van der Waals surface area (Å²) < 4.78 is 5.85. The van der Waals surface area contributed by atoms with Crippen LogP contribution in [0.4, 0.5) is 5.69 Å². The van der Waals surface area contributed by atoms with Gasteiger partial charge >= 0.3 is 0 Å². The number of carbonyl (C=O) groups excluding carboxylic acids is 2. The monoisotopic (exact) mass is 386 g/mol. The number of nitrogens with one attached hydrogen (secondary N) is 2. The molecular weight excluding hydrogens is 364 g/mol. The first-order valence-corrected chi connectivity index (χ1v) is 9.55. The molecule has 29 heavy (non-hydrogen) atoms. The second-order valence-electron chi connectivity index (χ2n) is 7.16. The first kappa shape index (κ1) is 18.7. The van der Waals surface area contributed by atoms with E-state index in [2.05, 4.69) is 10.6 Å². The molecule has 0 aromatic heterocycles. The Bertz CT molecular complexity index is 1080. The summed E-state index contributed by atoms with van der Waals surface area (Å²) in [5.74, 6) is 0.518. The lowest BCUT2D eigenvalue weighted by Crippen LogP contribution is -2.26. The molecule has 146 valence electrons. The molecule has 0 spiro atoms. The molecule has 0 fully saturated rings. The minimum absolute atomic E-state index is 0.0862. The van der Waals surface area contributed by atoms with Crippen molar-refractivity contribution in [3.8, 4) is 16.9 Å². The maximum absolute atomic E-state index is 12.7. The highest BCUT2D eigenvalue weighted by Gasteiger charge is 2.20. The van der Waals surface area contributed by atoms with Crippen LogP contribution in [0.1, 0.15) is 41.4 Å². The SMILES string of the molecule is CC(=O)Nc1ccc2c(c1)-c1ccc(C(=O)N[C@H](C)c3ccccc3)cc1CO2. The highest BCUT2D eigenvalue weighted by molar-refractivity contribution is 5.96. The van der Waals surface area contributed by atoms with Crippen molar-refractivity contribution in [1.82, 2.24) is 5.32 Å². The Labute approximate surface area is 169 Å². The van der Waals surface area contributed by atoms with E-state index in [1.807, 2.05) is 73.7 Å². The van der Waals surface area contributed by atoms with E-state index in [1.54, 1.807) is 0 Å². The van der Waals surface area contributed by atoms with Crippen LogP contribution in [0.3, 0.4) is 0 Å². The molecule has 1 atom stereocenters. The Kier molecular flexibility index (Phi) is 5.04. The number of benzene rings is 3. The van der Waals surface area contributed by atoms with Crippen molar-refractivity contribution in [2.75, 3.05) is 5.32 Å². The van der Waals surface area contributed by atoms with Gasteiger partial charge in [0.05, 0.1) is 6.04 Å². The van der Waals surface area contributed by atoms with Crippen LogP contribution >= 0.6 is 0 Å². The summed E-state index contributed by atoms with van der Waals surface area (Å²) in [7, 11) is 0. The number of ether oxygens (including phenoxy) is 1. The predicted octanol–water partition coefficient (Wildman–Crippen LogP) is 4.70. The van der Waals surface area contributed by atoms with Crippen LogP contribution in [-0.4, -0.2) is 11.8 Å². The quantitative estimate of drug-likeness (QED) is 0.683. The van der Waals surface area contributed by atoms with Gasteiger partial charge in [-0.25, -0.2) is 0 Å². The zero-order chi connectivity index (χ0) is 20.4. The topological polar surface area (TPSA) is 67.4 Å². The molecule has 1 aliphatic heterocycles. The summed E-state index contributed by atoms with van der Waals surface area (Å²) in [5.41, 5.74) is 5.22. The molecule has 1 aliphatic rings. The standard InChI is InChI=1S/C24H22N2O3/c1-15(17-6-4-3-5-7-17)25-24(28)18-8-10-21-19(12-18)14-29-23-11-9-20(13-22(21)23)26-16(2)27/h3-13,15H,14H2,1-2H3,(H,25,28)(H,26,27)/t15-/m1/s1. The molecule has 5 heteroatoms. The Hall–Kier alpha value is -3.60. The molecule has 0 saturated carbocycles. The van der Waals surface area contributed by atoms with E-state index in [0.717, 1.165) is 28.0 Å². The molecule has 3 aromatic rings. The first-order chi connectivity index (χ1) is 14.0. The van der Waals surface area contributed by atoms with E-state index in [0.29, 0.717) is 17.9 Å². The lowest BCUT2D eigenvalue weighted by Gasteiger charge is -2.22. The zero-order valence-electron chi connectivity index (χ0n) is 16.4. The Balaban J connectivity index is 1.58. The maximum Gasteiger partial charge on any atom is 0.251 e. The fraction of sp³-hybridized carbons (Fsp3) is 0.167. The van der Waals surface area contributed by atoms with Crippen LogP contribution < -0.4 is 15.4 Å². The highest BCUT2D eigenvalue weighted by Crippen LogP contribution is 2.39. The normalized spacial score (nSPS) is 12.8. The van der Waals surface area contributed by atoms with Gasteiger partial charge in [-0.2, -0.15) is 0 Å². The van der Waals surface area contributed by atoms with Gasteiger partial charge in [0.1, 0.15) is 12.4 Å². The Morgan fingerprint density at radius 1 is 0.966 bits per heavy atom. The van der Waals surface area contributed by atoms with Crippen molar-refractivity contribution in [1.29, 1.82) is 0 Å². The molecule has 2 amide bonds. The van der Waals surface area contributed by atoms with Gasteiger partial charge in [-0.05, 0) is 53.9 Å². The lowest BCUT2D eigenvalue weighted by molar-refractivity contribution is -0.114. The minimum atomic E-state index is -0.124. The molecule has 1 heterocycles. The fourth-order valence-corrected chi connectivity index (χ4v) is 3.53. The highest BCUT2D eigenvalue weighted by atomic mass is 16.5. The van der Waals surface area contributed by atoms with E-state index in [4.69, 9.17) is 4.74 Å². The molecule has 0 unspecified atom stereocenters. The third kappa shape index (κ3) is 3.99. The zero-order valence-corrected chi connectivity index (χ0v) is 16.4. The van der Waals surface area contributed by atoms with Gasteiger partial charge in [-0.1, -0.05) is 36.4 Å². The van der Waals surface area contributed by atoms with E-state index in [-0.39, 0.29) is 17.9 Å². The summed E-state index contributed by atoms with van der Waals surface area (Å²) in [6.45, 7) is 3.84. The average molecular weight is 386 g/mol. The molecule has 5 nitrogen and oxygen atoms in total. The summed E-state index contributed by atoms with van der Waals surface area (Å²) in [6.07, 6.45) is 0. The molecule has 4 rings (SSSR count). The van der Waals surface area contributed by atoms with Crippen molar-refractivity contribution in [3.05, 3.63) is 83.4 Å². The molecule has 3 aromatic carbocycles. The Morgan fingerprint density at radius 2 is 1.76 bits per heavy atom. The van der Waals surface area contributed by atoms with E-state index < -0.39 is 0 Å². The fourth-order valence-electron chi connectivity index (χ4n) is 3.53. The van der Waals surface area contributed by atoms with Gasteiger partial charge in [0.2, 0.25) is 5.91 Å². The second-order valence-corrected chi connectivity index (χ2v) is 7.16. The van der Waals surface area contributed by atoms with Crippen LogP contribution in [0.15, 0.2) is 66.7 Å². The van der Waals surface area contributed by atoms with Gasteiger partial charge in [-0.3, -0.25) is 9.59 Å². The number of amides is 2. The van der Waals surface area contributed by atoms with Gasteiger partial charge in [0.15, 0.2) is 0 Å². The molecule has 0 radical (unpaired) electrons. The van der Waals surface area contributed by atoms with Gasteiger partial charge in [0.25, 0.3) is 5.91 Å². The van der Waals surface area contributed by atoms with Gasteiger partial charge < -0.3 is 15.4 Å². The van der Waals surface area contributed by atoms with Crippen LogP contribution in [0.5, 0.6) is 5.75 Å². The number of fused-ring (bicyclic) bond motifs is 3. The number of carbonyl (C=O) groups is 2. The van der Waals surface area contributed by atoms with E-state index in [1.165, 1.54) is 6.92 Å². The number of hydrogen-bond donors (Lipinski definition) is 2. The number of rotatable bonds is 4. The molecule has 0 aliphatic carbocycles. The van der Waals surface area contributed by atoms with E-state index >= 15 is 0 Å². The molecule has 0 bridgehead atoms. The smallest absolute Gasteiger partial charge is 0.251 e. The Morgan fingerprint density at radius 3 is 2.52 bits per heavy atom. The van der Waals surface area contributed by atoms with Crippen molar-refractivity contribution < 1.29 is 14.3 Å². The average Bonchev–Trinajstić information content (AvgIpc) is 2.73. The van der Waals surface area contributed by atoms with Crippen LogP contribution in [0.2, 0.25) is 0 Å². The largest absolute Gasteiger partial charge is 0.488 e. The van der Waals surface area contributed by atoms with Crippen molar-refractivity contribution in [3.63, 3.8) is 0 Å². The third-order valence-electron chi connectivity index (χ3n) is 4.99. The van der Waals surface area contributed by atoms with Crippen LogP contribution in [0.25, 0.3) is 11.1 Å². The summed E-state index contributed by atoms with van der Waals surface area (Å²) in [4.78, 5) is 24.1. The van der Waals surface area contributed by atoms with Crippen molar-refractivity contribution in [2.45, 2.75) is 26.5 Å². The maximum atomic E-state index is 12.7.